The van der Waals surface area contributed by atoms with Gasteiger partial charge in [-0.2, -0.15) is 5.26 Å². The Morgan fingerprint density at radius 3 is 2.90 bits per heavy atom. The van der Waals surface area contributed by atoms with E-state index in [1.165, 1.54) is 0 Å². The molecule has 102 valence electrons. The van der Waals surface area contributed by atoms with Gasteiger partial charge in [-0.05, 0) is 31.4 Å². The number of nitrogens with zero attached hydrogens (tertiary/aromatic N) is 3. The normalized spacial score (nSPS) is 16.4. The number of hydrogen-bond acceptors (Lipinski definition) is 4. The van der Waals surface area contributed by atoms with Crippen molar-refractivity contribution in [3.63, 3.8) is 0 Å². The summed E-state index contributed by atoms with van der Waals surface area (Å²) in [5, 5.41) is 14.1. The van der Waals surface area contributed by atoms with Crippen molar-refractivity contribution in [2.75, 3.05) is 7.05 Å². The van der Waals surface area contributed by atoms with Gasteiger partial charge in [0.25, 0.3) is 0 Å². The molecule has 1 heterocycles. The Balaban J connectivity index is 1.81. The highest BCUT2D eigenvalue weighted by molar-refractivity contribution is 5.86. The molecule has 1 aliphatic carbocycles. The van der Waals surface area contributed by atoms with E-state index in [4.69, 9.17) is 4.52 Å². The van der Waals surface area contributed by atoms with Gasteiger partial charge in [-0.25, -0.2) is 0 Å². The zero-order valence-electron chi connectivity index (χ0n) is 11.3. The zero-order chi connectivity index (χ0) is 14.2. The Hall–Kier alpha value is -2.35. The van der Waals surface area contributed by atoms with Crippen LogP contribution in [0.3, 0.4) is 0 Å². The van der Waals surface area contributed by atoms with Gasteiger partial charge in [-0.1, -0.05) is 17.3 Å². The molecule has 0 bridgehead atoms. The first kappa shape index (κ1) is 12.7. The predicted octanol–water partition coefficient (Wildman–Crippen LogP) is 2.27. The lowest BCUT2D eigenvalue weighted by Gasteiger charge is -2.42. The molecule has 1 aromatic carbocycles. The molecule has 5 nitrogen and oxygen atoms in total. The van der Waals surface area contributed by atoms with Gasteiger partial charge < -0.3 is 9.42 Å². The van der Waals surface area contributed by atoms with Crippen molar-refractivity contribution in [2.45, 2.75) is 31.2 Å². The van der Waals surface area contributed by atoms with Crippen LogP contribution in [0.1, 0.15) is 25.0 Å². The van der Waals surface area contributed by atoms with Crippen LogP contribution in [0, 0.1) is 11.3 Å². The molecule has 0 radical (unpaired) electrons. The van der Waals surface area contributed by atoms with Crippen LogP contribution < -0.4 is 0 Å². The van der Waals surface area contributed by atoms with Crippen LogP contribution in [0.15, 0.2) is 28.8 Å². The summed E-state index contributed by atoms with van der Waals surface area (Å²) in [5.74, 6) is -0.0923. The molecule has 20 heavy (non-hydrogen) atoms. The van der Waals surface area contributed by atoms with Crippen LogP contribution in [0.2, 0.25) is 0 Å². The molecule has 1 amide bonds. The molecule has 0 atom stereocenters. The van der Waals surface area contributed by atoms with Crippen molar-refractivity contribution in [3.05, 3.63) is 30.0 Å². The molecule has 1 fully saturated rings. The minimum atomic E-state index is -0.614. The van der Waals surface area contributed by atoms with E-state index >= 15 is 0 Å². The number of aromatic nitrogens is 1. The van der Waals surface area contributed by atoms with E-state index in [1.807, 2.05) is 24.3 Å². The molecule has 2 aromatic rings. The quantitative estimate of drug-likeness (QED) is 0.857. The van der Waals surface area contributed by atoms with Gasteiger partial charge in [0.05, 0.1) is 12.5 Å². The van der Waals surface area contributed by atoms with Gasteiger partial charge in [0.2, 0.25) is 5.91 Å². The third-order valence-electron chi connectivity index (χ3n) is 4.18. The number of fused-ring (bicyclic) bond motifs is 1. The fraction of sp³-hybridized carbons (Fsp3) is 0.400. The monoisotopic (exact) mass is 269 g/mol. The molecule has 0 N–H and O–H groups in total. The third-order valence-corrected chi connectivity index (χ3v) is 4.18. The maximum Gasteiger partial charge on any atom is 0.229 e. The molecular formula is C15H15N3O2. The van der Waals surface area contributed by atoms with Gasteiger partial charge in [0, 0.05) is 12.4 Å². The Morgan fingerprint density at radius 1 is 1.50 bits per heavy atom. The van der Waals surface area contributed by atoms with Crippen molar-refractivity contribution >= 4 is 16.9 Å². The van der Waals surface area contributed by atoms with Crippen LogP contribution in [-0.2, 0) is 11.2 Å². The van der Waals surface area contributed by atoms with Gasteiger partial charge in [-0.3, -0.25) is 4.79 Å². The van der Waals surface area contributed by atoms with E-state index in [9.17, 15) is 10.1 Å². The lowest BCUT2D eigenvalue weighted by atomic mass is 9.76. The largest absolute Gasteiger partial charge is 0.356 e. The number of likely N-dealkylation sites (N-methyl/N-ethyl adjacent to an activating group) is 1. The molecule has 0 spiro atoms. The number of carbonyl (C=O) groups is 1. The van der Waals surface area contributed by atoms with E-state index in [2.05, 4.69) is 11.2 Å². The van der Waals surface area contributed by atoms with Gasteiger partial charge in [0.1, 0.15) is 11.2 Å². The first-order chi connectivity index (χ1) is 9.66. The molecule has 1 saturated carbocycles. The van der Waals surface area contributed by atoms with Gasteiger partial charge in [-0.15, -0.1) is 0 Å². The molecule has 0 unspecified atom stereocenters. The highest BCUT2D eigenvalue weighted by Gasteiger charge is 2.43. The summed E-state index contributed by atoms with van der Waals surface area (Å²) in [6.45, 7) is 0. The maximum atomic E-state index is 12.3. The Labute approximate surface area is 116 Å². The number of para-hydroxylation sites is 1. The summed E-state index contributed by atoms with van der Waals surface area (Å²) in [7, 11) is 1.70. The van der Waals surface area contributed by atoms with Crippen molar-refractivity contribution in [3.8, 4) is 6.07 Å². The standard InChI is InChI=1S/C15H15N3O2/c1-18(15(10-16)7-4-8-15)14(19)9-12-11-5-2-3-6-13(11)20-17-12/h2-3,5-6H,4,7-9H2,1H3. The van der Waals surface area contributed by atoms with Crippen molar-refractivity contribution < 1.29 is 9.32 Å². The number of benzene rings is 1. The molecule has 3 rings (SSSR count). The molecule has 0 saturated heterocycles. The zero-order valence-corrected chi connectivity index (χ0v) is 11.3. The van der Waals surface area contributed by atoms with Crippen LogP contribution in [-0.4, -0.2) is 28.6 Å². The van der Waals surface area contributed by atoms with Gasteiger partial charge in [0.15, 0.2) is 5.58 Å². The third kappa shape index (κ3) is 1.85. The maximum absolute atomic E-state index is 12.3. The first-order valence-corrected chi connectivity index (χ1v) is 6.67. The van der Waals surface area contributed by atoms with Crippen LogP contribution in [0.5, 0.6) is 0 Å². The first-order valence-electron chi connectivity index (χ1n) is 6.67. The highest BCUT2D eigenvalue weighted by Crippen LogP contribution is 2.36. The Morgan fingerprint density at radius 2 is 2.25 bits per heavy atom. The minimum Gasteiger partial charge on any atom is -0.356 e. The topological polar surface area (TPSA) is 70.1 Å². The lowest BCUT2D eigenvalue weighted by molar-refractivity contribution is -0.135. The molecule has 1 aliphatic rings. The number of nitriles is 1. The minimum absolute atomic E-state index is 0.0923. The fourth-order valence-electron chi connectivity index (χ4n) is 2.60. The average Bonchev–Trinajstić information content (AvgIpc) is 2.81. The summed E-state index contributed by atoms with van der Waals surface area (Å²) in [6.07, 6.45) is 2.67. The van der Waals surface area contributed by atoms with Crippen molar-refractivity contribution in [1.29, 1.82) is 5.26 Å². The van der Waals surface area contributed by atoms with Crippen LogP contribution in [0.25, 0.3) is 11.0 Å². The number of hydrogen-bond donors (Lipinski definition) is 0. The molecule has 1 aromatic heterocycles. The molecule has 5 heteroatoms. The van der Waals surface area contributed by atoms with Gasteiger partial charge >= 0.3 is 0 Å². The Bertz CT molecular complexity index is 694. The fourth-order valence-corrected chi connectivity index (χ4v) is 2.60. The summed E-state index contributed by atoms with van der Waals surface area (Å²) in [4.78, 5) is 13.9. The predicted molar refractivity (Wildman–Crippen MR) is 72.7 cm³/mol. The van der Waals surface area contributed by atoms with E-state index < -0.39 is 5.54 Å². The summed E-state index contributed by atoms with van der Waals surface area (Å²) < 4.78 is 5.20. The summed E-state index contributed by atoms with van der Waals surface area (Å²) in [5.41, 5.74) is 0.692. The second-order valence-electron chi connectivity index (χ2n) is 5.25. The summed E-state index contributed by atoms with van der Waals surface area (Å²) in [6, 6.07) is 9.74. The number of amides is 1. The lowest BCUT2D eigenvalue weighted by Crippen LogP contribution is -2.53. The smallest absolute Gasteiger partial charge is 0.229 e. The number of carbonyl (C=O) groups excluding carboxylic acids is 1. The SMILES string of the molecule is CN(C(=O)Cc1noc2ccccc12)C1(C#N)CCC1. The van der Waals surface area contributed by atoms with Crippen LogP contribution in [0.4, 0.5) is 0 Å². The van der Waals surface area contributed by atoms with E-state index in [0.717, 1.165) is 24.6 Å². The van der Waals surface area contributed by atoms with Crippen molar-refractivity contribution in [1.82, 2.24) is 10.1 Å². The Kier molecular flexibility index (Phi) is 2.94. The van der Waals surface area contributed by atoms with Crippen LogP contribution >= 0.6 is 0 Å². The number of rotatable bonds is 3. The van der Waals surface area contributed by atoms with E-state index in [-0.39, 0.29) is 12.3 Å². The molecular weight excluding hydrogens is 254 g/mol. The summed E-state index contributed by atoms with van der Waals surface area (Å²) >= 11 is 0. The van der Waals surface area contributed by atoms with Crippen molar-refractivity contribution in [2.24, 2.45) is 0 Å². The average molecular weight is 269 g/mol. The van der Waals surface area contributed by atoms with E-state index in [0.29, 0.717) is 11.3 Å². The highest BCUT2D eigenvalue weighted by atomic mass is 16.5. The second kappa shape index (κ2) is 4.64. The molecule has 0 aliphatic heterocycles. The van der Waals surface area contributed by atoms with E-state index in [1.54, 1.807) is 11.9 Å². The second-order valence-corrected chi connectivity index (χ2v) is 5.25.